The van der Waals surface area contributed by atoms with Gasteiger partial charge < -0.3 is 24.0 Å². The summed E-state index contributed by atoms with van der Waals surface area (Å²) in [4.78, 5) is 26.5. The van der Waals surface area contributed by atoms with Crippen molar-refractivity contribution < 1.29 is 19.0 Å². The quantitative estimate of drug-likeness (QED) is 0.274. The summed E-state index contributed by atoms with van der Waals surface area (Å²) in [6.45, 7) is 2.36. The summed E-state index contributed by atoms with van der Waals surface area (Å²) in [5.41, 5.74) is 3.80. The predicted octanol–water partition coefficient (Wildman–Crippen LogP) is 4.83. The molecule has 3 heterocycles. The zero-order valence-corrected chi connectivity index (χ0v) is 23.1. The fourth-order valence-corrected chi connectivity index (χ4v) is 5.27. The van der Waals surface area contributed by atoms with Gasteiger partial charge in [-0.25, -0.2) is 9.97 Å². The van der Waals surface area contributed by atoms with E-state index in [9.17, 15) is 4.79 Å². The minimum atomic E-state index is -0.0595. The standard InChI is InChI=1S/C32H31N5O4/c1-39-26-13-7-6-12-25(26)37-20-24(23-10-4-3-5-11-23)30-31(33-22-34-32(30)37)36-18-16-35(17-19-36)29(38)21-41-28-15-9-8-14-27(28)40-2/h3-15,20,22H,16-19,21H2,1-2H3. The number of amides is 1. The fraction of sp³-hybridized carbons (Fsp3) is 0.219. The van der Waals surface area contributed by atoms with Crippen LogP contribution in [0.3, 0.4) is 0 Å². The van der Waals surface area contributed by atoms with Gasteiger partial charge in [-0.2, -0.15) is 0 Å². The molecule has 1 saturated heterocycles. The maximum absolute atomic E-state index is 13.0. The van der Waals surface area contributed by atoms with Crippen molar-refractivity contribution in [2.45, 2.75) is 0 Å². The molecular formula is C32H31N5O4. The van der Waals surface area contributed by atoms with Crippen molar-refractivity contribution in [2.75, 3.05) is 51.9 Å². The van der Waals surface area contributed by atoms with Crippen LogP contribution in [0.2, 0.25) is 0 Å². The van der Waals surface area contributed by atoms with Crippen molar-refractivity contribution in [3.8, 4) is 34.1 Å². The molecule has 0 aliphatic carbocycles. The van der Waals surface area contributed by atoms with Crippen molar-refractivity contribution in [1.82, 2.24) is 19.4 Å². The summed E-state index contributed by atoms with van der Waals surface area (Å²) in [6.07, 6.45) is 3.71. The van der Waals surface area contributed by atoms with Crippen LogP contribution in [0.1, 0.15) is 0 Å². The molecule has 1 fully saturated rings. The molecule has 41 heavy (non-hydrogen) atoms. The molecule has 5 aromatic rings. The van der Waals surface area contributed by atoms with Crippen molar-refractivity contribution in [3.63, 3.8) is 0 Å². The largest absolute Gasteiger partial charge is 0.495 e. The molecular weight excluding hydrogens is 518 g/mol. The van der Waals surface area contributed by atoms with E-state index in [4.69, 9.17) is 24.2 Å². The highest BCUT2D eigenvalue weighted by molar-refractivity contribution is 6.02. The van der Waals surface area contributed by atoms with E-state index >= 15 is 0 Å². The Kier molecular flexibility index (Phi) is 7.40. The Morgan fingerprint density at radius 2 is 1.44 bits per heavy atom. The Hall–Kier alpha value is -5.05. The van der Waals surface area contributed by atoms with Crippen LogP contribution in [-0.2, 0) is 4.79 Å². The minimum Gasteiger partial charge on any atom is -0.495 e. The number of carbonyl (C=O) groups is 1. The summed E-state index contributed by atoms with van der Waals surface area (Å²) in [5, 5.41) is 0.962. The van der Waals surface area contributed by atoms with Crippen molar-refractivity contribution in [2.24, 2.45) is 0 Å². The van der Waals surface area contributed by atoms with Gasteiger partial charge in [-0.3, -0.25) is 9.36 Å². The second kappa shape index (κ2) is 11.6. The van der Waals surface area contributed by atoms with Gasteiger partial charge >= 0.3 is 0 Å². The third kappa shape index (κ3) is 5.14. The number of benzene rings is 3. The molecule has 0 atom stereocenters. The highest BCUT2D eigenvalue weighted by atomic mass is 16.5. The van der Waals surface area contributed by atoms with E-state index in [2.05, 4.69) is 27.8 Å². The molecule has 208 valence electrons. The molecule has 1 aliphatic rings. The number of anilines is 1. The van der Waals surface area contributed by atoms with Gasteiger partial charge in [-0.15, -0.1) is 0 Å². The Morgan fingerprint density at radius 3 is 2.17 bits per heavy atom. The van der Waals surface area contributed by atoms with Crippen LogP contribution in [0.4, 0.5) is 5.82 Å². The van der Waals surface area contributed by atoms with E-state index in [1.807, 2.05) is 65.6 Å². The molecule has 1 aliphatic heterocycles. The van der Waals surface area contributed by atoms with Crippen LogP contribution >= 0.6 is 0 Å². The molecule has 0 spiro atoms. The lowest BCUT2D eigenvalue weighted by Crippen LogP contribution is -2.50. The van der Waals surface area contributed by atoms with Crippen molar-refractivity contribution >= 4 is 22.8 Å². The summed E-state index contributed by atoms with van der Waals surface area (Å²) in [7, 11) is 3.26. The van der Waals surface area contributed by atoms with Gasteiger partial charge in [-0.05, 0) is 29.8 Å². The molecule has 3 aromatic carbocycles. The molecule has 0 saturated carbocycles. The highest BCUT2D eigenvalue weighted by Gasteiger charge is 2.26. The first kappa shape index (κ1) is 26.2. The maximum Gasteiger partial charge on any atom is 0.260 e. The first-order chi connectivity index (χ1) is 20.2. The van der Waals surface area contributed by atoms with Crippen molar-refractivity contribution in [1.29, 1.82) is 0 Å². The van der Waals surface area contributed by atoms with Gasteiger partial charge in [0.05, 0.1) is 25.3 Å². The Labute approximate surface area is 238 Å². The van der Waals surface area contributed by atoms with Crippen molar-refractivity contribution in [3.05, 3.63) is 91.4 Å². The smallest absolute Gasteiger partial charge is 0.260 e. The Balaban J connectivity index is 1.28. The van der Waals surface area contributed by atoms with Gasteiger partial charge in [0.1, 0.15) is 17.9 Å². The fourth-order valence-electron chi connectivity index (χ4n) is 5.27. The Morgan fingerprint density at radius 1 is 0.780 bits per heavy atom. The van der Waals surface area contributed by atoms with Gasteiger partial charge in [-0.1, -0.05) is 54.6 Å². The molecule has 1 amide bonds. The zero-order valence-electron chi connectivity index (χ0n) is 23.1. The zero-order chi connectivity index (χ0) is 28.2. The topological polar surface area (TPSA) is 82.0 Å². The lowest BCUT2D eigenvalue weighted by atomic mass is 10.1. The lowest BCUT2D eigenvalue weighted by molar-refractivity contribution is -0.133. The number of piperazine rings is 1. The van der Waals surface area contributed by atoms with Gasteiger partial charge in [0.15, 0.2) is 23.8 Å². The number of rotatable bonds is 8. The van der Waals surface area contributed by atoms with Gasteiger partial charge in [0, 0.05) is 37.9 Å². The van der Waals surface area contributed by atoms with Gasteiger partial charge in [0.25, 0.3) is 5.91 Å². The molecule has 9 heteroatoms. The highest BCUT2D eigenvalue weighted by Crippen LogP contribution is 2.38. The van der Waals surface area contributed by atoms with E-state index in [1.54, 1.807) is 26.6 Å². The number of para-hydroxylation sites is 4. The number of methoxy groups -OCH3 is 2. The SMILES string of the molecule is COc1ccccc1OCC(=O)N1CCN(c2ncnc3c2c(-c2ccccc2)cn3-c2ccccc2OC)CC1. The third-order valence-corrected chi connectivity index (χ3v) is 7.34. The summed E-state index contributed by atoms with van der Waals surface area (Å²) in [5.74, 6) is 2.70. The van der Waals surface area contributed by atoms with Crippen LogP contribution in [0.25, 0.3) is 27.8 Å². The number of carbonyl (C=O) groups excluding carboxylic acids is 1. The molecule has 9 nitrogen and oxygen atoms in total. The summed E-state index contributed by atoms with van der Waals surface area (Å²) in [6, 6.07) is 25.5. The molecule has 0 unspecified atom stereocenters. The second-order valence-corrected chi connectivity index (χ2v) is 9.65. The average Bonchev–Trinajstić information content (AvgIpc) is 3.44. The van der Waals surface area contributed by atoms with Crippen LogP contribution in [-0.4, -0.2) is 72.3 Å². The number of fused-ring (bicyclic) bond motifs is 1. The predicted molar refractivity (Wildman–Crippen MR) is 158 cm³/mol. The Bertz CT molecular complexity index is 1660. The van der Waals surface area contributed by atoms with Crippen LogP contribution in [0, 0.1) is 0 Å². The summed E-state index contributed by atoms with van der Waals surface area (Å²) < 4.78 is 18.8. The first-order valence-corrected chi connectivity index (χ1v) is 13.5. The minimum absolute atomic E-state index is 0.0436. The molecule has 0 N–H and O–H groups in total. The first-order valence-electron chi connectivity index (χ1n) is 13.5. The number of aromatic nitrogens is 3. The number of hydrogen-bond acceptors (Lipinski definition) is 7. The van der Waals surface area contributed by atoms with Gasteiger partial charge in [0.2, 0.25) is 0 Å². The molecule has 2 aromatic heterocycles. The summed E-state index contributed by atoms with van der Waals surface area (Å²) >= 11 is 0. The molecule has 6 rings (SSSR count). The molecule has 0 radical (unpaired) electrons. The maximum atomic E-state index is 13.0. The second-order valence-electron chi connectivity index (χ2n) is 9.65. The third-order valence-electron chi connectivity index (χ3n) is 7.34. The normalized spacial score (nSPS) is 13.3. The van der Waals surface area contributed by atoms with Crippen LogP contribution in [0.5, 0.6) is 17.2 Å². The van der Waals surface area contributed by atoms with E-state index in [-0.39, 0.29) is 12.5 Å². The van der Waals surface area contributed by atoms with E-state index in [0.29, 0.717) is 37.7 Å². The monoisotopic (exact) mass is 549 g/mol. The van der Waals surface area contributed by atoms with E-state index in [1.165, 1.54) is 0 Å². The average molecular weight is 550 g/mol. The van der Waals surface area contributed by atoms with E-state index < -0.39 is 0 Å². The number of hydrogen-bond donors (Lipinski definition) is 0. The van der Waals surface area contributed by atoms with Crippen LogP contribution < -0.4 is 19.1 Å². The number of nitrogens with zero attached hydrogens (tertiary/aromatic N) is 5. The van der Waals surface area contributed by atoms with Crippen LogP contribution in [0.15, 0.2) is 91.4 Å². The molecule has 0 bridgehead atoms. The van der Waals surface area contributed by atoms with E-state index in [0.717, 1.165) is 39.4 Å². The number of ether oxygens (including phenoxy) is 3. The lowest BCUT2D eigenvalue weighted by Gasteiger charge is -2.35.